The predicted molar refractivity (Wildman–Crippen MR) is 55.7 cm³/mol. The lowest BCUT2D eigenvalue weighted by Crippen LogP contribution is -2.40. The van der Waals surface area contributed by atoms with Crippen molar-refractivity contribution < 1.29 is 5.11 Å². The molecule has 14 heavy (non-hydrogen) atoms. The van der Waals surface area contributed by atoms with E-state index in [1.54, 1.807) is 12.4 Å². The van der Waals surface area contributed by atoms with E-state index < -0.39 is 5.60 Å². The lowest BCUT2D eigenvalue weighted by atomic mass is 9.91. The SMILES string of the molecule is OC1(c2ncc(Br)cn2)CCNCC1. The van der Waals surface area contributed by atoms with Gasteiger partial charge in [-0.2, -0.15) is 0 Å². The maximum absolute atomic E-state index is 10.3. The average Bonchev–Trinajstić information content (AvgIpc) is 2.19. The Hall–Kier alpha value is -0.520. The Balaban J connectivity index is 2.23. The number of hydrogen-bond donors (Lipinski definition) is 2. The Kier molecular flexibility index (Phi) is 2.80. The Morgan fingerprint density at radius 2 is 1.86 bits per heavy atom. The number of nitrogens with zero attached hydrogens (tertiary/aromatic N) is 2. The van der Waals surface area contributed by atoms with Gasteiger partial charge in [0.25, 0.3) is 0 Å². The lowest BCUT2D eigenvalue weighted by molar-refractivity contribution is -0.00256. The number of aliphatic hydroxyl groups is 1. The van der Waals surface area contributed by atoms with Crippen molar-refractivity contribution in [2.45, 2.75) is 18.4 Å². The van der Waals surface area contributed by atoms with E-state index in [1.165, 1.54) is 0 Å². The maximum atomic E-state index is 10.3. The summed E-state index contributed by atoms with van der Waals surface area (Å²) in [4.78, 5) is 8.28. The maximum Gasteiger partial charge on any atom is 0.160 e. The highest BCUT2D eigenvalue weighted by Gasteiger charge is 2.33. The van der Waals surface area contributed by atoms with E-state index in [-0.39, 0.29) is 0 Å². The molecule has 1 aromatic rings. The molecule has 2 rings (SSSR count). The van der Waals surface area contributed by atoms with Crippen LogP contribution in [0.25, 0.3) is 0 Å². The molecule has 1 fully saturated rings. The summed E-state index contributed by atoms with van der Waals surface area (Å²) in [5, 5.41) is 13.4. The summed E-state index contributed by atoms with van der Waals surface area (Å²) in [5.74, 6) is 0.530. The molecule has 2 heterocycles. The van der Waals surface area contributed by atoms with E-state index in [0.717, 1.165) is 17.6 Å². The summed E-state index contributed by atoms with van der Waals surface area (Å²) in [6.45, 7) is 1.63. The van der Waals surface area contributed by atoms with Crippen molar-refractivity contribution in [2.75, 3.05) is 13.1 Å². The van der Waals surface area contributed by atoms with Crippen LogP contribution >= 0.6 is 15.9 Å². The second-order valence-corrected chi connectivity index (χ2v) is 4.42. The van der Waals surface area contributed by atoms with E-state index in [0.29, 0.717) is 18.7 Å². The standard InChI is InChI=1S/C9H12BrN3O/c10-7-5-12-8(13-6-7)9(14)1-3-11-4-2-9/h5-6,11,14H,1-4H2. The van der Waals surface area contributed by atoms with Crippen LogP contribution in [0.4, 0.5) is 0 Å². The molecule has 1 aliphatic heterocycles. The van der Waals surface area contributed by atoms with Gasteiger partial charge in [0, 0.05) is 12.4 Å². The third-order valence-electron chi connectivity index (χ3n) is 2.47. The molecule has 0 saturated carbocycles. The molecule has 2 N–H and O–H groups in total. The Labute approximate surface area is 90.9 Å². The monoisotopic (exact) mass is 257 g/mol. The molecule has 0 aliphatic carbocycles. The van der Waals surface area contributed by atoms with Gasteiger partial charge in [-0.1, -0.05) is 0 Å². The molecule has 0 bridgehead atoms. The third kappa shape index (κ3) is 1.94. The zero-order valence-corrected chi connectivity index (χ0v) is 9.29. The van der Waals surface area contributed by atoms with Gasteiger partial charge in [0.05, 0.1) is 4.47 Å². The van der Waals surface area contributed by atoms with Gasteiger partial charge in [0.2, 0.25) is 0 Å². The molecule has 76 valence electrons. The highest BCUT2D eigenvalue weighted by Crippen LogP contribution is 2.27. The van der Waals surface area contributed by atoms with Crippen LogP contribution in [0.1, 0.15) is 18.7 Å². The highest BCUT2D eigenvalue weighted by molar-refractivity contribution is 9.10. The molecule has 0 spiro atoms. The van der Waals surface area contributed by atoms with Crippen LogP contribution in [0.15, 0.2) is 16.9 Å². The fraction of sp³-hybridized carbons (Fsp3) is 0.556. The second-order valence-electron chi connectivity index (χ2n) is 3.51. The summed E-state index contributed by atoms with van der Waals surface area (Å²) in [6, 6.07) is 0. The number of rotatable bonds is 1. The minimum Gasteiger partial charge on any atom is -0.382 e. The van der Waals surface area contributed by atoms with Crippen LogP contribution in [-0.2, 0) is 5.60 Å². The van der Waals surface area contributed by atoms with Gasteiger partial charge < -0.3 is 10.4 Å². The van der Waals surface area contributed by atoms with Crippen molar-refractivity contribution in [2.24, 2.45) is 0 Å². The third-order valence-corrected chi connectivity index (χ3v) is 2.88. The molecule has 0 amide bonds. The van der Waals surface area contributed by atoms with E-state index in [2.05, 4.69) is 31.2 Å². The first-order valence-electron chi connectivity index (χ1n) is 4.62. The van der Waals surface area contributed by atoms with Gasteiger partial charge in [0.15, 0.2) is 5.82 Å². The summed E-state index contributed by atoms with van der Waals surface area (Å²) in [6.07, 6.45) is 4.69. The second kappa shape index (κ2) is 3.92. The lowest BCUT2D eigenvalue weighted by Gasteiger charge is -2.30. The Bertz CT molecular complexity index is 308. The van der Waals surface area contributed by atoms with E-state index >= 15 is 0 Å². The molecule has 0 unspecified atom stereocenters. The number of hydrogen-bond acceptors (Lipinski definition) is 4. The number of piperidine rings is 1. The van der Waals surface area contributed by atoms with Crippen LogP contribution in [0, 0.1) is 0 Å². The quantitative estimate of drug-likeness (QED) is 0.782. The molecule has 0 aromatic carbocycles. The van der Waals surface area contributed by atoms with Gasteiger partial charge in [-0.05, 0) is 41.9 Å². The van der Waals surface area contributed by atoms with E-state index in [9.17, 15) is 5.11 Å². The van der Waals surface area contributed by atoms with Gasteiger partial charge in [-0.25, -0.2) is 9.97 Å². The average molecular weight is 258 g/mol. The molecular weight excluding hydrogens is 246 g/mol. The first-order valence-corrected chi connectivity index (χ1v) is 5.41. The molecule has 4 nitrogen and oxygen atoms in total. The van der Waals surface area contributed by atoms with Crippen molar-refractivity contribution in [1.82, 2.24) is 15.3 Å². The molecule has 1 saturated heterocycles. The number of aromatic nitrogens is 2. The number of nitrogens with one attached hydrogen (secondary N) is 1. The Morgan fingerprint density at radius 1 is 1.29 bits per heavy atom. The van der Waals surface area contributed by atoms with Crippen LogP contribution in [0.2, 0.25) is 0 Å². The normalized spacial score (nSPS) is 20.7. The van der Waals surface area contributed by atoms with Crippen LogP contribution in [-0.4, -0.2) is 28.2 Å². The largest absolute Gasteiger partial charge is 0.382 e. The van der Waals surface area contributed by atoms with Crippen LogP contribution in [0.3, 0.4) is 0 Å². The fourth-order valence-electron chi connectivity index (χ4n) is 1.62. The topological polar surface area (TPSA) is 58.0 Å². The van der Waals surface area contributed by atoms with Gasteiger partial charge in [0.1, 0.15) is 5.60 Å². The van der Waals surface area contributed by atoms with Gasteiger partial charge in [-0.3, -0.25) is 0 Å². The molecule has 1 aromatic heterocycles. The first kappa shape index (κ1) is 10.0. The Morgan fingerprint density at radius 3 is 2.43 bits per heavy atom. The van der Waals surface area contributed by atoms with Gasteiger partial charge in [-0.15, -0.1) is 0 Å². The summed E-state index contributed by atoms with van der Waals surface area (Å²) >= 11 is 3.27. The van der Waals surface area contributed by atoms with Crippen molar-refractivity contribution >= 4 is 15.9 Å². The number of halogens is 1. The smallest absolute Gasteiger partial charge is 0.160 e. The minimum absolute atomic E-state index is 0.530. The van der Waals surface area contributed by atoms with Gasteiger partial charge >= 0.3 is 0 Å². The molecule has 0 radical (unpaired) electrons. The molecular formula is C9H12BrN3O. The highest BCUT2D eigenvalue weighted by atomic mass is 79.9. The van der Waals surface area contributed by atoms with Crippen LogP contribution < -0.4 is 5.32 Å². The fourth-order valence-corrected chi connectivity index (χ4v) is 1.82. The zero-order chi connectivity index (χ0) is 10.0. The van der Waals surface area contributed by atoms with E-state index in [1.807, 2.05) is 0 Å². The van der Waals surface area contributed by atoms with Crippen molar-refractivity contribution in [1.29, 1.82) is 0 Å². The van der Waals surface area contributed by atoms with Crippen molar-refractivity contribution in [3.8, 4) is 0 Å². The zero-order valence-electron chi connectivity index (χ0n) is 7.70. The van der Waals surface area contributed by atoms with Crippen molar-refractivity contribution in [3.05, 3.63) is 22.7 Å². The summed E-state index contributed by atoms with van der Waals surface area (Å²) in [5.41, 5.74) is -0.841. The molecule has 5 heteroatoms. The van der Waals surface area contributed by atoms with Crippen LogP contribution in [0.5, 0.6) is 0 Å². The predicted octanol–water partition coefficient (Wildman–Crippen LogP) is 0.810. The summed E-state index contributed by atoms with van der Waals surface area (Å²) in [7, 11) is 0. The molecule has 0 atom stereocenters. The van der Waals surface area contributed by atoms with Crippen molar-refractivity contribution in [3.63, 3.8) is 0 Å². The summed E-state index contributed by atoms with van der Waals surface area (Å²) < 4.78 is 0.832. The minimum atomic E-state index is -0.841. The molecule has 1 aliphatic rings. The van der Waals surface area contributed by atoms with E-state index in [4.69, 9.17) is 0 Å². The first-order chi connectivity index (χ1) is 6.71.